The molecular weight excluding hydrogens is 168 g/mol. The molecule has 0 aromatic carbocycles. The van der Waals surface area contributed by atoms with Gasteiger partial charge in [-0.25, -0.2) is 0 Å². The van der Waals surface area contributed by atoms with E-state index in [1.54, 1.807) is 6.92 Å². The zero-order valence-corrected chi connectivity index (χ0v) is 8.37. The van der Waals surface area contributed by atoms with Crippen LogP contribution in [0.3, 0.4) is 0 Å². The fourth-order valence-electron chi connectivity index (χ4n) is 0.742. The van der Waals surface area contributed by atoms with E-state index in [4.69, 9.17) is 5.53 Å². The van der Waals surface area contributed by atoms with Crippen LogP contribution in [-0.4, -0.2) is 19.0 Å². The standard InChI is InChI=1S/C8H16N4O/c1-4-7(13)10-5-8(2,3)6-11-12-9/h4-6H2,1-3H3,(H,10,13). The first-order chi connectivity index (χ1) is 6.02. The predicted molar refractivity (Wildman–Crippen MR) is 51.1 cm³/mol. The highest BCUT2D eigenvalue weighted by atomic mass is 16.1. The lowest BCUT2D eigenvalue weighted by molar-refractivity contribution is -0.121. The molecule has 0 spiro atoms. The Morgan fingerprint density at radius 3 is 2.69 bits per heavy atom. The quantitative estimate of drug-likeness (QED) is 0.395. The minimum absolute atomic E-state index is 0.0222. The van der Waals surface area contributed by atoms with Crippen molar-refractivity contribution in [3.63, 3.8) is 0 Å². The Balaban J connectivity index is 3.87. The van der Waals surface area contributed by atoms with Crippen molar-refractivity contribution in [2.45, 2.75) is 27.2 Å². The summed E-state index contributed by atoms with van der Waals surface area (Å²) in [5, 5.41) is 6.24. The first-order valence-corrected chi connectivity index (χ1v) is 4.29. The first kappa shape index (κ1) is 11.8. The van der Waals surface area contributed by atoms with Gasteiger partial charge in [-0.05, 0) is 10.9 Å². The highest BCUT2D eigenvalue weighted by Crippen LogP contribution is 2.13. The van der Waals surface area contributed by atoms with Crippen LogP contribution < -0.4 is 5.32 Å². The fraction of sp³-hybridized carbons (Fsp3) is 0.875. The van der Waals surface area contributed by atoms with Crippen LogP contribution in [0.15, 0.2) is 5.11 Å². The molecule has 0 atom stereocenters. The topological polar surface area (TPSA) is 77.9 Å². The van der Waals surface area contributed by atoms with Gasteiger partial charge in [0.05, 0.1) is 0 Å². The lowest BCUT2D eigenvalue weighted by Crippen LogP contribution is -2.35. The van der Waals surface area contributed by atoms with Crippen LogP contribution in [0.5, 0.6) is 0 Å². The van der Waals surface area contributed by atoms with Crippen LogP contribution in [0.2, 0.25) is 0 Å². The van der Waals surface area contributed by atoms with Gasteiger partial charge in [0.25, 0.3) is 0 Å². The van der Waals surface area contributed by atoms with Gasteiger partial charge in [-0.2, -0.15) is 0 Å². The molecule has 0 saturated heterocycles. The Bertz CT molecular complexity index is 218. The van der Waals surface area contributed by atoms with Gasteiger partial charge in [0.2, 0.25) is 5.91 Å². The second-order valence-corrected chi connectivity index (χ2v) is 3.68. The van der Waals surface area contributed by atoms with Crippen LogP contribution in [0.25, 0.3) is 10.4 Å². The molecule has 74 valence electrons. The SMILES string of the molecule is CCC(=O)NCC(C)(C)CN=[N+]=[N-]. The maximum atomic E-state index is 10.9. The zero-order chi connectivity index (χ0) is 10.3. The molecule has 0 radical (unpaired) electrons. The second kappa shape index (κ2) is 5.43. The molecular formula is C8H16N4O. The Hall–Kier alpha value is -1.22. The van der Waals surface area contributed by atoms with E-state index in [0.717, 1.165) is 0 Å². The van der Waals surface area contributed by atoms with Crippen molar-refractivity contribution in [1.82, 2.24) is 5.32 Å². The average Bonchev–Trinajstić information content (AvgIpc) is 2.11. The highest BCUT2D eigenvalue weighted by Gasteiger charge is 2.17. The lowest BCUT2D eigenvalue weighted by atomic mass is 9.94. The van der Waals surface area contributed by atoms with Crippen molar-refractivity contribution < 1.29 is 4.79 Å². The molecule has 0 aliphatic rings. The summed E-state index contributed by atoms with van der Waals surface area (Å²) in [6, 6.07) is 0. The van der Waals surface area contributed by atoms with Crippen molar-refractivity contribution in [3.8, 4) is 0 Å². The molecule has 0 bridgehead atoms. The summed E-state index contributed by atoms with van der Waals surface area (Å²) in [5.74, 6) is 0.0222. The molecule has 0 fully saturated rings. The molecule has 0 aliphatic heterocycles. The van der Waals surface area contributed by atoms with E-state index < -0.39 is 0 Å². The highest BCUT2D eigenvalue weighted by molar-refractivity contribution is 5.75. The summed E-state index contributed by atoms with van der Waals surface area (Å²) in [7, 11) is 0. The predicted octanol–water partition coefficient (Wildman–Crippen LogP) is 1.85. The Kier molecular flexibility index (Phi) is 4.92. The maximum absolute atomic E-state index is 10.9. The Morgan fingerprint density at radius 1 is 1.62 bits per heavy atom. The van der Waals surface area contributed by atoms with E-state index in [9.17, 15) is 4.79 Å². The molecule has 0 unspecified atom stereocenters. The lowest BCUT2D eigenvalue weighted by Gasteiger charge is -2.22. The summed E-state index contributed by atoms with van der Waals surface area (Å²) in [5.41, 5.74) is 7.95. The molecule has 0 saturated carbocycles. The molecule has 0 heterocycles. The summed E-state index contributed by atoms with van der Waals surface area (Å²) in [6.45, 7) is 6.62. The molecule has 0 aliphatic carbocycles. The summed E-state index contributed by atoms with van der Waals surface area (Å²) in [4.78, 5) is 13.6. The minimum atomic E-state index is -0.170. The number of carbonyl (C=O) groups is 1. The Morgan fingerprint density at radius 2 is 2.23 bits per heavy atom. The molecule has 1 amide bonds. The largest absolute Gasteiger partial charge is 0.356 e. The van der Waals surface area contributed by atoms with Crippen molar-refractivity contribution in [1.29, 1.82) is 0 Å². The number of carbonyl (C=O) groups excluding carboxylic acids is 1. The van der Waals surface area contributed by atoms with Gasteiger partial charge in [0.15, 0.2) is 0 Å². The number of nitrogens with zero attached hydrogens (tertiary/aromatic N) is 3. The van der Waals surface area contributed by atoms with E-state index in [2.05, 4.69) is 15.3 Å². The van der Waals surface area contributed by atoms with Crippen molar-refractivity contribution in [3.05, 3.63) is 10.4 Å². The molecule has 13 heavy (non-hydrogen) atoms. The van der Waals surface area contributed by atoms with Gasteiger partial charge in [0.1, 0.15) is 0 Å². The summed E-state index contributed by atoms with van der Waals surface area (Å²) in [6.07, 6.45) is 0.484. The van der Waals surface area contributed by atoms with E-state index in [0.29, 0.717) is 19.5 Å². The third kappa shape index (κ3) is 5.99. The number of rotatable bonds is 5. The van der Waals surface area contributed by atoms with Crippen molar-refractivity contribution in [2.24, 2.45) is 10.5 Å². The number of hydrogen-bond donors (Lipinski definition) is 1. The first-order valence-electron chi connectivity index (χ1n) is 4.29. The second-order valence-electron chi connectivity index (χ2n) is 3.68. The molecule has 5 heteroatoms. The van der Waals surface area contributed by atoms with Gasteiger partial charge in [-0.3, -0.25) is 4.79 Å². The van der Waals surface area contributed by atoms with Gasteiger partial charge >= 0.3 is 0 Å². The van der Waals surface area contributed by atoms with Gasteiger partial charge in [-0.15, -0.1) is 0 Å². The van der Waals surface area contributed by atoms with Crippen LogP contribution in [0.4, 0.5) is 0 Å². The normalized spacial score (nSPS) is 10.4. The molecule has 5 nitrogen and oxygen atoms in total. The number of amides is 1. The zero-order valence-electron chi connectivity index (χ0n) is 8.37. The molecule has 1 N–H and O–H groups in total. The van der Waals surface area contributed by atoms with Gasteiger partial charge in [-0.1, -0.05) is 25.9 Å². The van der Waals surface area contributed by atoms with Crippen LogP contribution in [0, 0.1) is 5.41 Å². The van der Waals surface area contributed by atoms with E-state index in [-0.39, 0.29) is 11.3 Å². The van der Waals surface area contributed by atoms with E-state index >= 15 is 0 Å². The minimum Gasteiger partial charge on any atom is -0.356 e. The number of nitrogens with one attached hydrogen (secondary N) is 1. The molecule has 0 aromatic rings. The molecule has 0 rings (SSSR count). The van der Waals surface area contributed by atoms with Crippen molar-refractivity contribution in [2.75, 3.05) is 13.1 Å². The van der Waals surface area contributed by atoms with Crippen molar-refractivity contribution >= 4 is 5.91 Å². The van der Waals surface area contributed by atoms with E-state index in [1.165, 1.54) is 0 Å². The number of hydrogen-bond acceptors (Lipinski definition) is 2. The number of azide groups is 1. The third-order valence-corrected chi connectivity index (χ3v) is 1.65. The molecule has 0 aromatic heterocycles. The fourth-order valence-corrected chi connectivity index (χ4v) is 0.742. The van der Waals surface area contributed by atoms with Gasteiger partial charge in [0, 0.05) is 24.4 Å². The smallest absolute Gasteiger partial charge is 0.219 e. The summed E-state index contributed by atoms with van der Waals surface area (Å²) < 4.78 is 0. The Labute approximate surface area is 78.1 Å². The monoisotopic (exact) mass is 184 g/mol. The maximum Gasteiger partial charge on any atom is 0.219 e. The average molecular weight is 184 g/mol. The van der Waals surface area contributed by atoms with Gasteiger partial charge < -0.3 is 5.32 Å². The van der Waals surface area contributed by atoms with Crippen LogP contribution in [0.1, 0.15) is 27.2 Å². The third-order valence-electron chi connectivity index (χ3n) is 1.65. The summed E-state index contributed by atoms with van der Waals surface area (Å²) >= 11 is 0. The van der Waals surface area contributed by atoms with Crippen LogP contribution in [-0.2, 0) is 4.79 Å². The van der Waals surface area contributed by atoms with Crippen LogP contribution >= 0.6 is 0 Å². The van der Waals surface area contributed by atoms with E-state index in [1.807, 2.05) is 13.8 Å².